The lowest BCUT2D eigenvalue weighted by Crippen LogP contribution is -2.27. The molecule has 1 aromatic carbocycles. The van der Waals surface area contributed by atoms with Crippen molar-refractivity contribution in [2.75, 3.05) is 33.0 Å². The minimum absolute atomic E-state index is 0.0269. The number of nitrogens with zero attached hydrogens (tertiary/aromatic N) is 4. The second-order valence-electron chi connectivity index (χ2n) is 7.08. The molecule has 2 N–H and O–H groups in total. The third kappa shape index (κ3) is 3.84. The molecule has 3 heterocycles. The second kappa shape index (κ2) is 8.29. The van der Waals surface area contributed by atoms with Crippen molar-refractivity contribution in [2.24, 2.45) is 0 Å². The minimum atomic E-state index is -0.309. The molecule has 8 heteroatoms. The first-order chi connectivity index (χ1) is 15.0. The molecule has 31 heavy (non-hydrogen) atoms. The summed E-state index contributed by atoms with van der Waals surface area (Å²) in [5.74, 6) is 10.5. The van der Waals surface area contributed by atoms with E-state index in [1.54, 1.807) is 37.6 Å². The molecule has 0 saturated carbocycles. The van der Waals surface area contributed by atoms with Crippen LogP contribution in [0.4, 0.5) is 5.82 Å². The van der Waals surface area contributed by atoms with E-state index in [1.807, 2.05) is 16.5 Å². The lowest BCUT2D eigenvalue weighted by Gasteiger charge is -2.12. The molecular formula is C23H21N5O3. The van der Waals surface area contributed by atoms with Crippen molar-refractivity contribution >= 4 is 17.2 Å². The Kier molecular flexibility index (Phi) is 5.38. The van der Waals surface area contributed by atoms with E-state index in [9.17, 15) is 4.79 Å². The third-order valence-corrected chi connectivity index (χ3v) is 5.25. The standard InChI is InChI=1S/C23H21N5O3/c1-4-20(29)27-9-7-16(14-27)23-26-19(21-22(24)25-8-10-28(21)23)6-5-15-11-17(30-2)13-18(12-15)31-3/h1,8,10-13,16H,7,9,14H2,2-3H3,(H2,24,25)/t16-/m0/s1. The van der Waals surface area contributed by atoms with Crippen LogP contribution < -0.4 is 15.2 Å². The monoisotopic (exact) mass is 415 g/mol. The summed E-state index contributed by atoms with van der Waals surface area (Å²) in [7, 11) is 3.17. The van der Waals surface area contributed by atoms with Crippen molar-refractivity contribution in [3.8, 4) is 35.7 Å². The van der Waals surface area contributed by atoms with Gasteiger partial charge >= 0.3 is 0 Å². The molecule has 1 atom stereocenters. The molecule has 4 rings (SSSR count). The van der Waals surface area contributed by atoms with Gasteiger partial charge in [0.25, 0.3) is 5.91 Å². The topological polar surface area (TPSA) is 95.0 Å². The average molecular weight is 415 g/mol. The zero-order chi connectivity index (χ0) is 22.0. The quantitative estimate of drug-likeness (QED) is 0.654. The molecule has 1 aliphatic rings. The van der Waals surface area contributed by atoms with E-state index in [1.165, 1.54) is 0 Å². The number of anilines is 1. The Balaban J connectivity index is 1.75. The molecule has 0 aliphatic carbocycles. The van der Waals surface area contributed by atoms with E-state index in [0.29, 0.717) is 47.2 Å². The Morgan fingerprint density at radius 2 is 1.97 bits per heavy atom. The van der Waals surface area contributed by atoms with E-state index < -0.39 is 0 Å². The molecule has 0 spiro atoms. The first-order valence-corrected chi connectivity index (χ1v) is 9.67. The zero-order valence-electron chi connectivity index (χ0n) is 17.3. The SMILES string of the molecule is C#CC(=O)N1CC[C@H](c2nc(C#Cc3cc(OC)cc(OC)c3)c3c(N)nccn23)C1. The van der Waals surface area contributed by atoms with Gasteiger partial charge in [-0.2, -0.15) is 0 Å². The largest absolute Gasteiger partial charge is 0.497 e. The van der Waals surface area contributed by atoms with Gasteiger partial charge in [0.1, 0.15) is 28.5 Å². The molecule has 1 saturated heterocycles. The van der Waals surface area contributed by atoms with Crippen LogP contribution in [0.1, 0.15) is 29.4 Å². The fourth-order valence-electron chi connectivity index (χ4n) is 3.72. The maximum absolute atomic E-state index is 11.9. The summed E-state index contributed by atoms with van der Waals surface area (Å²) in [4.78, 5) is 22.5. The number of rotatable bonds is 3. The summed E-state index contributed by atoms with van der Waals surface area (Å²) >= 11 is 0. The fourth-order valence-corrected chi connectivity index (χ4v) is 3.72. The second-order valence-corrected chi connectivity index (χ2v) is 7.08. The van der Waals surface area contributed by atoms with E-state index in [-0.39, 0.29) is 11.8 Å². The van der Waals surface area contributed by atoms with Crippen LogP contribution in [0.2, 0.25) is 0 Å². The number of carbonyl (C=O) groups excluding carboxylic acids is 1. The number of hydrogen-bond acceptors (Lipinski definition) is 6. The summed E-state index contributed by atoms with van der Waals surface area (Å²) in [5, 5.41) is 0. The lowest BCUT2D eigenvalue weighted by atomic mass is 10.1. The highest BCUT2D eigenvalue weighted by molar-refractivity contribution is 5.93. The Bertz CT molecular complexity index is 1240. The fraction of sp³-hybridized carbons (Fsp3) is 0.261. The highest BCUT2D eigenvalue weighted by Crippen LogP contribution is 2.29. The molecular weight excluding hydrogens is 394 g/mol. The zero-order valence-corrected chi connectivity index (χ0v) is 17.3. The number of aromatic nitrogens is 3. The Morgan fingerprint density at radius 1 is 1.23 bits per heavy atom. The molecule has 156 valence electrons. The number of fused-ring (bicyclic) bond motifs is 1. The molecule has 0 bridgehead atoms. The number of hydrogen-bond donors (Lipinski definition) is 1. The first kappa shape index (κ1) is 20.1. The van der Waals surface area contributed by atoms with Gasteiger partial charge in [-0.15, -0.1) is 6.42 Å². The van der Waals surface area contributed by atoms with Gasteiger partial charge in [0.05, 0.1) is 14.2 Å². The molecule has 1 fully saturated rings. The number of methoxy groups -OCH3 is 2. The molecule has 1 aliphatic heterocycles. The summed E-state index contributed by atoms with van der Waals surface area (Å²) < 4.78 is 12.5. The number of nitrogens with two attached hydrogens (primary N) is 1. The molecule has 2 aromatic heterocycles. The van der Waals surface area contributed by atoms with Crippen LogP contribution in [-0.4, -0.2) is 52.5 Å². The van der Waals surface area contributed by atoms with Gasteiger partial charge < -0.3 is 20.1 Å². The number of benzene rings is 1. The van der Waals surface area contributed by atoms with Gasteiger partial charge in [0, 0.05) is 43.0 Å². The van der Waals surface area contributed by atoms with Crippen LogP contribution in [0.25, 0.3) is 5.52 Å². The van der Waals surface area contributed by atoms with Crippen molar-refractivity contribution in [1.82, 2.24) is 19.3 Å². The predicted molar refractivity (Wildman–Crippen MR) is 116 cm³/mol. The van der Waals surface area contributed by atoms with Crippen molar-refractivity contribution in [3.63, 3.8) is 0 Å². The van der Waals surface area contributed by atoms with E-state index in [2.05, 4.69) is 22.7 Å². The number of carbonyl (C=O) groups is 1. The molecule has 0 radical (unpaired) electrons. The normalized spacial score (nSPS) is 15.3. The molecule has 8 nitrogen and oxygen atoms in total. The van der Waals surface area contributed by atoms with E-state index in [0.717, 1.165) is 12.2 Å². The lowest BCUT2D eigenvalue weighted by molar-refractivity contribution is -0.124. The van der Waals surface area contributed by atoms with Crippen molar-refractivity contribution < 1.29 is 14.3 Å². The number of ether oxygens (including phenoxy) is 2. The number of likely N-dealkylation sites (tertiary alicyclic amines) is 1. The minimum Gasteiger partial charge on any atom is -0.497 e. The first-order valence-electron chi connectivity index (χ1n) is 9.67. The molecule has 3 aromatic rings. The smallest absolute Gasteiger partial charge is 0.298 e. The van der Waals surface area contributed by atoms with Gasteiger partial charge in [-0.05, 0) is 30.4 Å². The average Bonchev–Trinajstić information content (AvgIpc) is 3.42. The Hall–Kier alpha value is -4.17. The van der Waals surface area contributed by atoms with E-state index in [4.69, 9.17) is 26.6 Å². The van der Waals surface area contributed by atoms with Gasteiger partial charge in [0.2, 0.25) is 0 Å². The Labute approximate surface area is 180 Å². The summed E-state index contributed by atoms with van der Waals surface area (Å²) in [6.45, 7) is 1.10. The maximum atomic E-state index is 11.9. The summed E-state index contributed by atoms with van der Waals surface area (Å²) in [5.41, 5.74) is 8.03. The maximum Gasteiger partial charge on any atom is 0.298 e. The van der Waals surface area contributed by atoms with Crippen LogP contribution in [0.5, 0.6) is 11.5 Å². The van der Waals surface area contributed by atoms with Crippen LogP contribution >= 0.6 is 0 Å². The summed E-state index contributed by atoms with van der Waals surface area (Å²) in [6, 6.07) is 5.41. The van der Waals surface area contributed by atoms with Gasteiger partial charge in [-0.25, -0.2) is 9.97 Å². The number of amides is 1. The number of terminal acetylenes is 1. The van der Waals surface area contributed by atoms with Crippen LogP contribution in [-0.2, 0) is 4.79 Å². The van der Waals surface area contributed by atoms with Gasteiger partial charge in [0.15, 0.2) is 5.82 Å². The Morgan fingerprint density at radius 3 is 2.65 bits per heavy atom. The van der Waals surface area contributed by atoms with Crippen molar-refractivity contribution in [1.29, 1.82) is 0 Å². The van der Waals surface area contributed by atoms with E-state index >= 15 is 0 Å². The highest BCUT2D eigenvalue weighted by Gasteiger charge is 2.30. The van der Waals surface area contributed by atoms with Crippen LogP contribution in [0.3, 0.4) is 0 Å². The molecule has 1 amide bonds. The van der Waals surface area contributed by atoms with Gasteiger partial charge in [-0.3, -0.25) is 9.20 Å². The van der Waals surface area contributed by atoms with Crippen LogP contribution in [0.15, 0.2) is 30.6 Å². The predicted octanol–water partition coefficient (Wildman–Crippen LogP) is 1.68. The van der Waals surface area contributed by atoms with Crippen LogP contribution in [0, 0.1) is 24.2 Å². The van der Waals surface area contributed by atoms with Crippen molar-refractivity contribution in [3.05, 3.63) is 47.7 Å². The highest BCUT2D eigenvalue weighted by atomic mass is 16.5. The third-order valence-electron chi connectivity index (χ3n) is 5.25. The summed E-state index contributed by atoms with van der Waals surface area (Å²) in [6.07, 6.45) is 9.45. The number of nitrogen functional groups attached to an aromatic ring is 1. The van der Waals surface area contributed by atoms with Gasteiger partial charge in [-0.1, -0.05) is 5.92 Å². The molecule has 0 unspecified atom stereocenters. The van der Waals surface area contributed by atoms with Crippen molar-refractivity contribution in [2.45, 2.75) is 12.3 Å². The number of imidazole rings is 1.